The van der Waals surface area contributed by atoms with Gasteiger partial charge in [0.05, 0.1) is 0 Å². The van der Waals surface area contributed by atoms with Gasteiger partial charge < -0.3 is 0 Å². The SMILES string of the molecule is O=[C]N(Cl)C(F)Cl. The zero-order chi connectivity index (χ0) is 5.86. The standard InChI is InChI=1S/C2HCl2FNO/c3-2(5)6(4)1-7/h2H. The zero-order valence-electron chi connectivity index (χ0n) is 3.07. The molecule has 2 nitrogen and oxygen atoms in total. The summed E-state index contributed by atoms with van der Waals surface area (Å²) in [6.45, 7) is 0. The molecule has 0 heterocycles. The summed E-state index contributed by atoms with van der Waals surface area (Å²) in [7, 11) is 0. The second-order valence-corrected chi connectivity index (χ2v) is 1.40. The Kier molecular flexibility index (Phi) is 3.04. The van der Waals surface area contributed by atoms with Gasteiger partial charge in [0.25, 0.3) is 5.75 Å². The van der Waals surface area contributed by atoms with Crippen molar-refractivity contribution in [2.24, 2.45) is 0 Å². The van der Waals surface area contributed by atoms with Crippen LogP contribution in [0.15, 0.2) is 0 Å². The van der Waals surface area contributed by atoms with Gasteiger partial charge in [-0.15, -0.1) is 0 Å². The second kappa shape index (κ2) is 3.04. The first-order chi connectivity index (χ1) is 3.18. The van der Waals surface area contributed by atoms with Gasteiger partial charge in [0, 0.05) is 11.8 Å². The molecular formula is C2HCl2FNO. The Labute approximate surface area is 49.9 Å². The number of alkyl halides is 2. The molecule has 0 rings (SSSR count). The molecule has 7 heavy (non-hydrogen) atoms. The molecule has 0 aliphatic carbocycles. The predicted molar refractivity (Wildman–Crippen MR) is 24.1 cm³/mol. The van der Waals surface area contributed by atoms with Crippen LogP contribution in [0, 0.1) is 0 Å². The maximum Gasteiger partial charge on any atom is 0.331 e. The van der Waals surface area contributed by atoms with Crippen LogP contribution in [0.4, 0.5) is 4.39 Å². The highest BCUT2D eigenvalue weighted by atomic mass is 35.5. The van der Waals surface area contributed by atoms with Crippen molar-refractivity contribution in [2.45, 2.75) is 5.75 Å². The summed E-state index contributed by atoms with van der Waals surface area (Å²) in [6.07, 6.45) is 1.01. The smallest absolute Gasteiger partial charge is 0.262 e. The van der Waals surface area contributed by atoms with E-state index < -0.39 is 5.75 Å². The maximum absolute atomic E-state index is 11.4. The highest BCUT2D eigenvalue weighted by Crippen LogP contribution is 2.04. The Bertz CT molecular complexity index is 68.7. The quantitative estimate of drug-likeness (QED) is 0.245. The van der Waals surface area contributed by atoms with Crippen molar-refractivity contribution in [3.05, 3.63) is 0 Å². The van der Waals surface area contributed by atoms with Crippen molar-refractivity contribution in [3.63, 3.8) is 0 Å². The first-order valence-electron chi connectivity index (χ1n) is 1.29. The first-order valence-corrected chi connectivity index (χ1v) is 2.07. The molecule has 0 saturated heterocycles. The molecule has 0 aliphatic rings. The zero-order valence-corrected chi connectivity index (χ0v) is 4.58. The Morgan fingerprint density at radius 1 is 1.86 bits per heavy atom. The second-order valence-electron chi connectivity index (χ2n) is 0.680. The van der Waals surface area contributed by atoms with Crippen LogP contribution in [0.3, 0.4) is 0 Å². The predicted octanol–water partition coefficient (Wildman–Crippen LogP) is 1.00. The average molecular weight is 145 g/mol. The number of hydrogen-bond acceptors (Lipinski definition) is 1. The molecule has 0 aliphatic heterocycles. The van der Waals surface area contributed by atoms with E-state index in [4.69, 9.17) is 11.8 Å². The molecule has 0 saturated carbocycles. The van der Waals surface area contributed by atoms with Gasteiger partial charge >= 0.3 is 6.41 Å². The minimum Gasteiger partial charge on any atom is -0.262 e. The average Bonchev–Trinajstić information content (AvgIpc) is 1.65. The largest absolute Gasteiger partial charge is 0.331 e. The monoisotopic (exact) mass is 144 g/mol. The molecule has 0 aromatic heterocycles. The van der Waals surface area contributed by atoms with Gasteiger partial charge in [-0.1, -0.05) is 11.6 Å². The lowest BCUT2D eigenvalue weighted by molar-refractivity contribution is 0.320. The number of hydrogen-bond donors (Lipinski definition) is 0. The van der Waals surface area contributed by atoms with Gasteiger partial charge in [0.1, 0.15) is 0 Å². The van der Waals surface area contributed by atoms with Crippen LogP contribution in [0.5, 0.6) is 0 Å². The first kappa shape index (κ1) is 6.98. The summed E-state index contributed by atoms with van der Waals surface area (Å²) >= 11 is 9.30. The molecule has 0 N–H and O–H groups in total. The summed E-state index contributed by atoms with van der Waals surface area (Å²) in [5.74, 6) is -1.99. The van der Waals surface area contributed by atoms with Crippen molar-refractivity contribution >= 4 is 29.8 Å². The Balaban J connectivity index is 3.33. The van der Waals surface area contributed by atoms with Gasteiger partial charge in [-0.25, -0.2) is 4.39 Å². The molecule has 1 amide bonds. The van der Waals surface area contributed by atoms with E-state index in [1.165, 1.54) is 0 Å². The van der Waals surface area contributed by atoms with Crippen LogP contribution < -0.4 is 0 Å². The summed E-state index contributed by atoms with van der Waals surface area (Å²) < 4.78 is 11.4. The summed E-state index contributed by atoms with van der Waals surface area (Å²) in [5.41, 5.74) is 0. The van der Waals surface area contributed by atoms with Crippen molar-refractivity contribution in [2.75, 3.05) is 0 Å². The molecule has 0 bridgehead atoms. The fourth-order valence-corrected chi connectivity index (χ4v) is 0.0797. The highest BCUT2D eigenvalue weighted by Gasteiger charge is 2.07. The van der Waals surface area contributed by atoms with Gasteiger partial charge in [0.2, 0.25) is 0 Å². The molecule has 1 atom stereocenters. The van der Waals surface area contributed by atoms with E-state index in [0.717, 1.165) is 6.41 Å². The molecule has 0 aromatic carbocycles. The number of nitrogens with zero attached hydrogens (tertiary/aromatic N) is 1. The molecular weight excluding hydrogens is 144 g/mol. The number of amides is 1. The van der Waals surface area contributed by atoms with Crippen LogP contribution in [0.2, 0.25) is 0 Å². The van der Waals surface area contributed by atoms with Crippen LogP contribution in [0.25, 0.3) is 0 Å². The summed E-state index contributed by atoms with van der Waals surface area (Å²) in [5, 5.41) is 0. The number of halogens is 3. The third-order valence-corrected chi connectivity index (χ3v) is 0.794. The van der Waals surface area contributed by atoms with Crippen molar-refractivity contribution in [1.29, 1.82) is 0 Å². The van der Waals surface area contributed by atoms with Crippen LogP contribution in [-0.2, 0) is 4.79 Å². The topological polar surface area (TPSA) is 20.3 Å². The van der Waals surface area contributed by atoms with Gasteiger partial charge in [-0.2, -0.15) is 4.42 Å². The molecule has 0 fully saturated rings. The van der Waals surface area contributed by atoms with Gasteiger partial charge in [0.15, 0.2) is 0 Å². The van der Waals surface area contributed by atoms with Crippen LogP contribution >= 0.6 is 23.4 Å². The molecule has 1 radical (unpaired) electrons. The third kappa shape index (κ3) is 2.65. The Morgan fingerprint density at radius 3 is 2.29 bits per heavy atom. The summed E-state index contributed by atoms with van der Waals surface area (Å²) in [4.78, 5) is 9.29. The Hall–Kier alpha value is -0.0200. The van der Waals surface area contributed by atoms with Gasteiger partial charge in [-0.05, 0) is 0 Å². The van der Waals surface area contributed by atoms with E-state index in [1.807, 2.05) is 0 Å². The van der Waals surface area contributed by atoms with Gasteiger partial charge in [-0.3, -0.25) is 4.79 Å². The number of rotatable bonds is 2. The molecule has 41 valence electrons. The van der Waals surface area contributed by atoms with E-state index in [-0.39, 0.29) is 4.42 Å². The normalized spacial score (nSPS) is 13.0. The lowest BCUT2D eigenvalue weighted by atomic mass is 11.2. The molecule has 5 heteroatoms. The summed E-state index contributed by atoms with van der Waals surface area (Å²) in [6, 6.07) is 0. The van der Waals surface area contributed by atoms with E-state index in [0.29, 0.717) is 0 Å². The number of carbonyl (C=O) groups excluding carboxylic acids is 1. The lowest BCUT2D eigenvalue weighted by Crippen LogP contribution is -2.14. The highest BCUT2D eigenvalue weighted by molar-refractivity contribution is 6.26. The van der Waals surface area contributed by atoms with Crippen molar-refractivity contribution in [3.8, 4) is 0 Å². The fraction of sp³-hybridized carbons (Fsp3) is 0.500. The van der Waals surface area contributed by atoms with Crippen LogP contribution in [0.1, 0.15) is 0 Å². The Morgan fingerprint density at radius 2 is 2.29 bits per heavy atom. The van der Waals surface area contributed by atoms with Crippen molar-refractivity contribution in [1.82, 2.24) is 4.42 Å². The third-order valence-electron chi connectivity index (χ3n) is 0.259. The minimum atomic E-state index is -1.99. The van der Waals surface area contributed by atoms with E-state index in [9.17, 15) is 9.18 Å². The fourth-order valence-electron chi connectivity index (χ4n) is 0.0398. The minimum absolute atomic E-state index is 0.0571. The molecule has 1 unspecified atom stereocenters. The lowest BCUT2D eigenvalue weighted by Gasteiger charge is -2.01. The van der Waals surface area contributed by atoms with Crippen molar-refractivity contribution < 1.29 is 9.18 Å². The van der Waals surface area contributed by atoms with Crippen LogP contribution in [-0.4, -0.2) is 16.6 Å². The van der Waals surface area contributed by atoms with E-state index >= 15 is 0 Å². The van der Waals surface area contributed by atoms with E-state index in [1.54, 1.807) is 0 Å². The van der Waals surface area contributed by atoms with E-state index in [2.05, 4.69) is 11.6 Å². The molecule has 0 aromatic rings. The maximum atomic E-state index is 11.4. The molecule has 0 spiro atoms.